The van der Waals surface area contributed by atoms with Crippen LogP contribution < -0.4 is 5.32 Å². The molecular formula is C14H18ClN3OS. The number of amides is 1. The van der Waals surface area contributed by atoms with Gasteiger partial charge in [0.15, 0.2) is 10.1 Å². The topological polar surface area (TPSA) is 46.4 Å². The van der Waals surface area contributed by atoms with E-state index in [1.165, 1.54) is 17.4 Å². The van der Waals surface area contributed by atoms with Crippen LogP contribution in [0.3, 0.4) is 0 Å². The Morgan fingerprint density at radius 1 is 1.55 bits per heavy atom. The maximum atomic E-state index is 11.8. The van der Waals surface area contributed by atoms with Gasteiger partial charge in [0, 0.05) is 24.2 Å². The van der Waals surface area contributed by atoms with Gasteiger partial charge in [0.1, 0.15) is 0 Å². The molecule has 4 nitrogen and oxygen atoms in total. The first-order chi connectivity index (χ1) is 9.65. The van der Waals surface area contributed by atoms with Gasteiger partial charge in [0.25, 0.3) is 0 Å². The average Bonchev–Trinajstić information content (AvgIpc) is 2.98. The number of hydrogen-bond acceptors (Lipinski definition) is 3. The van der Waals surface area contributed by atoms with Gasteiger partial charge in [-0.1, -0.05) is 38.3 Å². The third kappa shape index (κ3) is 3.41. The molecule has 0 radical (unpaired) electrons. The first-order valence-electron chi connectivity index (χ1n) is 6.72. The molecule has 20 heavy (non-hydrogen) atoms. The summed E-state index contributed by atoms with van der Waals surface area (Å²) in [6, 6.07) is 0. The molecule has 0 aromatic carbocycles. The molecule has 0 saturated carbocycles. The number of aromatic nitrogens is 2. The molecule has 0 aliphatic heterocycles. The van der Waals surface area contributed by atoms with E-state index in [9.17, 15) is 4.79 Å². The molecule has 1 N–H and O–H groups in total. The molecule has 0 saturated heterocycles. The summed E-state index contributed by atoms with van der Waals surface area (Å²) < 4.78 is 1.87. The lowest BCUT2D eigenvalue weighted by molar-refractivity contribution is -0.116. The third-order valence-corrected chi connectivity index (χ3v) is 4.40. The van der Waals surface area contributed by atoms with Crippen molar-refractivity contribution in [2.24, 2.45) is 5.92 Å². The lowest BCUT2D eigenvalue weighted by Gasteiger charge is -2.11. The lowest BCUT2D eigenvalue weighted by atomic mass is 10.0. The maximum Gasteiger partial charge on any atom is 0.244 e. The first-order valence-corrected chi connectivity index (χ1v) is 7.98. The number of halogens is 1. The average molecular weight is 312 g/mol. The van der Waals surface area contributed by atoms with Crippen molar-refractivity contribution in [2.45, 2.75) is 26.7 Å². The van der Waals surface area contributed by atoms with Crippen LogP contribution in [0.25, 0.3) is 11.0 Å². The van der Waals surface area contributed by atoms with Crippen LogP contribution in [-0.4, -0.2) is 21.8 Å². The highest BCUT2D eigenvalue weighted by Crippen LogP contribution is 2.22. The van der Waals surface area contributed by atoms with Crippen molar-refractivity contribution in [3.8, 4) is 0 Å². The van der Waals surface area contributed by atoms with Crippen LogP contribution in [0, 0.1) is 5.92 Å². The zero-order valence-electron chi connectivity index (χ0n) is 11.6. The maximum absolute atomic E-state index is 11.8. The Balaban J connectivity index is 2.00. The minimum absolute atomic E-state index is 0.0989. The number of fused-ring (bicyclic) bond motifs is 1. The molecular weight excluding hydrogens is 294 g/mol. The van der Waals surface area contributed by atoms with Crippen molar-refractivity contribution in [3.05, 3.63) is 28.5 Å². The van der Waals surface area contributed by atoms with Crippen molar-refractivity contribution < 1.29 is 4.79 Å². The van der Waals surface area contributed by atoms with E-state index in [4.69, 9.17) is 11.6 Å². The molecule has 0 aliphatic carbocycles. The molecule has 2 rings (SSSR count). The summed E-state index contributed by atoms with van der Waals surface area (Å²) in [5, 5.41) is 5.26. The summed E-state index contributed by atoms with van der Waals surface area (Å²) in [7, 11) is 0. The van der Waals surface area contributed by atoms with Crippen molar-refractivity contribution in [1.29, 1.82) is 0 Å². The predicted octanol–water partition coefficient (Wildman–Crippen LogP) is 3.61. The van der Waals surface area contributed by atoms with Crippen molar-refractivity contribution >= 4 is 39.9 Å². The first kappa shape index (κ1) is 15.1. The molecule has 0 atom stereocenters. The zero-order valence-corrected chi connectivity index (χ0v) is 13.2. The Morgan fingerprint density at radius 2 is 2.30 bits per heavy atom. The summed E-state index contributed by atoms with van der Waals surface area (Å²) in [4.78, 5) is 16.8. The second-order valence-electron chi connectivity index (χ2n) is 4.60. The highest BCUT2D eigenvalue weighted by Gasteiger charge is 2.09. The van der Waals surface area contributed by atoms with Crippen LogP contribution in [-0.2, 0) is 4.79 Å². The van der Waals surface area contributed by atoms with Gasteiger partial charge >= 0.3 is 0 Å². The molecule has 0 spiro atoms. The van der Waals surface area contributed by atoms with E-state index >= 15 is 0 Å². The summed E-state index contributed by atoms with van der Waals surface area (Å²) in [6.45, 7) is 4.98. The number of thiazole rings is 1. The van der Waals surface area contributed by atoms with Crippen molar-refractivity contribution in [2.75, 3.05) is 6.54 Å². The Kier molecular flexibility index (Phi) is 5.20. The van der Waals surface area contributed by atoms with Gasteiger partial charge in [0.2, 0.25) is 5.91 Å². The Bertz CT molecular complexity index is 613. The highest BCUT2D eigenvalue weighted by atomic mass is 35.5. The van der Waals surface area contributed by atoms with Gasteiger partial charge in [-0.05, 0) is 12.0 Å². The second kappa shape index (κ2) is 6.90. The minimum atomic E-state index is -0.0989. The quantitative estimate of drug-likeness (QED) is 0.828. The fourth-order valence-corrected chi connectivity index (χ4v) is 2.97. The molecule has 0 bridgehead atoms. The van der Waals surface area contributed by atoms with Gasteiger partial charge < -0.3 is 5.32 Å². The number of hydrogen-bond donors (Lipinski definition) is 1. The molecule has 0 unspecified atom stereocenters. The number of carbonyl (C=O) groups is 1. The molecule has 0 fully saturated rings. The Hall–Kier alpha value is -1.33. The van der Waals surface area contributed by atoms with E-state index in [2.05, 4.69) is 24.1 Å². The number of imidazole rings is 1. The molecule has 2 heterocycles. The molecule has 2 aromatic heterocycles. The number of nitrogens with zero attached hydrogens (tertiary/aromatic N) is 2. The van der Waals surface area contributed by atoms with Crippen molar-refractivity contribution in [3.63, 3.8) is 0 Å². The summed E-state index contributed by atoms with van der Waals surface area (Å²) >= 11 is 7.57. The predicted molar refractivity (Wildman–Crippen MR) is 84.2 cm³/mol. The molecule has 108 valence electrons. The monoisotopic (exact) mass is 311 g/mol. The van der Waals surface area contributed by atoms with Gasteiger partial charge in [-0.3, -0.25) is 9.20 Å². The smallest absolute Gasteiger partial charge is 0.244 e. The van der Waals surface area contributed by atoms with Crippen LogP contribution in [0.2, 0.25) is 5.15 Å². The molecule has 2 aromatic rings. The standard InChI is InChI=1S/C14H18ClN3OS/c1-3-10(4-2)9-16-12(19)6-5-11-13(15)17-14-18(11)7-8-20-14/h5-8,10H,3-4,9H2,1-2H3,(H,16,19)/b6-5+. The largest absolute Gasteiger partial charge is 0.352 e. The van der Waals surface area contributed by atoms with E-state index in [1.807, 2.05) is 16.0 Å². The Labute approximate surface area is 127 Å². The fraction of sp³-hybridized carbons (Fsp3) is 0.429. The van der Waals surface area contributed by atoms with Gasteiger partial charge in [-0.25, -0.2) is 4.98 Å². The van der Waals surface area contributed by atoms with Crippen LogP contribution in [0.4, 0.5) is 0 Å². The normalized spacial score (nSPS) is 11.8. The summed E-state index contributed by atoms with van der Waals surface area (Å²) in [5.41, 5.74) is 0.737. The number of rotatable bonds is 6. The van der Waals surface area contributed by atoms with E-state index in [1.54, 1.807) is 6.08 Å². The molecule has 1 amide bonds. The lowest BCUT2D eigenvalue weighted by Crippen LogP contribution is -2.27. The molecule has 6 heteroatoms. The fourth-order valence-electron chi connectivity index (χ4n) is 1.96. The van der Waals surface area contributed by atoms with Crippen LogP contribution in [0.15, 0.2) is 17.7 Å². The van der Waals surface area contributed by atoms with E-state index in [0.29, 0.717) is 17.6 Å². The summed E-state index contributed by atoms with van der Waals surface area (Å²) in [6.07, 6.45) is 7.25. The zero-order chi connectivity index (χ0) is 14.5. The van der Waals surface area contributed by atoms with Crippen LogP contribution in [0.5, 0.6) is 0 Å². The van der Waals surface area contributed by atoms with E-state index in [-0.39, 0.29) is 5.91 Å². The Morgan fingerprint density at radius 3 is 3.00 bits per heavy atom. The number of nitrogens with one attached hydrogen (secondary N) is 1. The van der Waals surface area contributed by atoms with Gasteiger partial charge in [-0.2, -0.15) is 0 Å². The summed E-state index contributed by atoms with van der Waals surface area (Å²) in [5.74, 6) is 0.438. The third-order valence-electron chi connectivity index (χ3n) is 3.37. The molecule has 0 aliphatic rings. The minimum Gasteiger partial charge on any atom is -0.352 e. The van der Waals surface area contributed by atoms with Gasteiger partial charge in [-0.15, -0.1) is 11.3 Å². The van der Waals surface area contributed by atoms with E-state index in [0.717, 1.165) is 23.5 Å². The highest BCUT2D eigenvalue weighted by molar-refractivity contribution is 7.15. The van der Waals surface area contributed by atoms with Crippen molar-refractivity contribution in [1.82, 2.24) is 14.7 Å². The van der Waals surface area contributed by atoms with Crippen LogP contribution >= 0.6 is 22.9 Å². The van der Waals surface area contributed by atoms with E-state index < -0.39 is 0 Å². The van der Waals surface area contributed by atoms with Gasteiger partial charge in [0.05, 0.1) is 5.69 Å². The van der Waals surface area contributed by atoms with Crippen LogP contribution in [0.1, 0.15) is 32.4 Å². The second-order valence-corrected chi connectivity index (χ2v) is 5.84. The number of carbonyl (C=O) groups excluding carboxylic acids is 1. The SMILES string of the molecule is CCC(CC)CNC(=O)/C=C/c1c(Cl)nc2sccn12.